The Morgan fingerprint density at radius 2 is 2.00 bits per heavy atom. The molecule has 0 fully saturated rings. The van der Waals surface area contributed by atoms with E-state index in [2.05, 4.69) is 0 Å². The lowest BCUT2D eigenvalue weighted by Gasteiger charge is -2.10. The van der Waals surface area contributed by atoms with Crippen molar-refractivity contribution in [1.82, 2.24) is 4.57 Å². The number of carbonyl (C=O) groups is 1. The number of benzene rings is 1. The molecule has 1 heterocycles. The van der Waals surface area contributed by atoms with Gasteiger partial charge in [0.1, 0.15) is 5.78 Å². The number of aromatic nitrogens is 1. The van der Waals surface area contributed by atoms with Crippen molar-refractivity contribution in [1.29, 1.82) is 0 Å². The summed E-state index contributed by atoms with van der Waals surface area (Å²) < 4.78 is 1.72. The van der Waals surface area contributed by atoms with Gasteiger partial charge in [-0.2, -0.15) is 0 Å². The number of nitrogens with zero attached hydrogens (tertiary/aromatic N) is 1. The van der Waals surface area contributed by atoms with Crippen molar-refractivity contribution in [2.75, 3.05) is 0 Å². The number of hydrogen-bond acceptors (Lipinski definition) is 2. The SMILES string of the molecule is CCn1c(=O)c(CC(C)=O)cc2ccccc21. The summed E-state index contributed by atoms with van der Waals surface area (Å²) in [5, 5.41) is 1.00. The van der Waals surface area contributed by atoms with Crippen LogP contribution in [-0.2, 0) is 17.8 Å². The maximum Gasteiger partial charge on any atom is 0.254 e. The third kappa shape index (κ3) is 2.13. The standard InChI is InChI=1S/C14H15NO2/c1-3-15-13-7-5-4-6-11(13)9-12(14(15)17)8-10(2)16/h4-7,9H,3,8H2,1-2H3. The van der Waals surface area contributed by atoms with Gasteiger partial charge >= 0.3 is 0 Å². The second-order valence-electron chi connectivity index (χ2n) is 4.16. The van der Waals surface area contributed by atoms with E-state index in [-0.39, 0.29) is 17.8 Å². The van der Waals surface area contributed by atoms with Gasteiger partial charge in [-0.3, -0.25) is 9.59 Å². The Bertz CT molecular complexity index is 626. The zero-order valence-corrected chi connectivity index (χ0v) is 10.1. The molecule has 17 heavy (non-hydrogen) atoms. The lowest BCUT2D eigenvalue weighted by atomic mass is 10.1. The van der Waals surface area contributed by atoms with Crippen molar-refractivity contribution >= 4 is 16.7 Å². The Labute approximate surface area is 99.7 Å². The topological polar surface area (TPSA) is 39.1 Å². The van der Waals surface area contributed by atoms with Gasteiger partial charge in [-0.1, -0.05) is 18.2 Å². The van der Waals surface area contributed by atoms with Crippen LogP contribution in [0.15, 0.2) is 35.1 Å². The smallest absolute Gasteiger partial charge is 0.254 e. The highest BCUT2D eigenvalue weighted by atomic mass is 16.1. The summed E-state index contributed by atoms with van der Waals surface area (Å²) in [7, 11) is 0. The Balaban J connectivity index is 2.75. The maximum atomic E-state index is 12.2. The molecule has 0 radical (unpaired) electrons. The Kier molecular flexibility index (Phi) is 3.09. The highest BCUT2D eigenvalue weighted by Crippen LogP contribution is 2.13. The third-order valence-electron chi connectivity index (χ3n) is 2.83. The number of ketones is 1. The van der Waals surface area contributed by atoms with Gasteiger partial charge in [-0.15, -0.1) is 0 Å². The Morgan fingerprint density at radius 3 is 2.65 bits per heavy atom. The molecule has 0 saturated heterocycles. The minimum Gasteiger partial charge on any atom is -0.308 e. The van der Waals surface area contributed by atoms with Crippen molar-refractivity contribution in [3.8, 4) is 0 Å². The molecule has 0 aliphatic carbocycles. The molecule has 3 heteroatoms. The number of rotatable bonds is 3. The lowest BCUT2D eigenvalue weighted by Crippen LogP contribution is -2.24. The number of carbonyl (C=O) groups excluding carboxylic acids is 1. The molecule has 0 aliphatic heterocycles. The fourth-order valence-corrected chi connectivity index (χ4v) is 2.10. The van der Waals surface area contributed by atoms with E-state index in [1.807, 2.05) is 37.3 Å². The molecule has 0 atom stereocenters. The number of aryl methyl sites for hydroxylation is 1. The summed E-state index contributed by atoms with van der Waals surface area (Å²) in [6.07, 6.45) is 0.212. The molecule has 2 aromatic rings. The van der Waals surface area contributed by atoms with E-state index >= 15 is 0 Å². The van der Waals surface area contributed by atoms with E-state index in [4.69, 9.17) is 0 Å². The summed E-state index contributed by atoms with van der Waals surface area (Å²) in [4.78, 5) is 23.3. The number of Topliss-reactive ketones (excluding diaryl/α,β-unsaturated/α-hetero) is 1. The second-order valence-corrected chi connectivity index (χ2v) is 4.16. The van der Waals surface area contributed by atoms with Gasteiger partial charge in [-0.05, 0) is 31.4 Å². The van der Waals surface area contributed by atoms with Crippen LogP contribution in [0.5, 0.6) is 0 Å². The van der Waals surface area contributed by atoms with E-state index in [1.54, 1.807) is 4.57 Å². The van der Waals surface area contributed by atoms with E-state index < -0.39 is 0 Å². The average molecular weight is 229 g/mol. The Hall–Kier alpha value is -1.90. The van der Waals surface area contributed by atoms with Gasteiger partial charge in [0.05, 0.1) is 5.52 Å². The molecule has 2 rings (SSSR count). The molecule has 88 valence electrons. The molecule has 1 aromatic heterocycles. The highest BCUT2D eigenvalue weighted by Gasteiger charge is 2.09. The van der Waals surface area contributed by atoms with Gasteiger partial charge < -0.3 is 4.57 Å². The van der Waals surface area contributed by atoms with Gasteiger partial charge in [0.25, 0.3) is 5.56 Å². The van der Waals surface area contributed by atoms with Gasteiger partial charge in [0.2, 0.25) is 0 Å². The first kappa shape index (κ1) is 11.6. The lowest BCUT2D eigenvalue weighted by molar-refractivity contribution is -0.116. The van der Waals surface area contributed by atoms with Crippen LogP contribution in [0.4, 0.5) is 0 Å². The van der Waals surface area contributed by atoms with Crippen LogP contribution in [0.25, 0.3) is 10.9 Å². The van der Waals surface area contributed by atoms with Crippen molar-refractivity contribution in [2.24, 2.45) is 0 Å². The van der Waals surface area contributed by atoms with Crippen molar-refractivity contribution in [3.63, 3.8) is 0 Å². The number of para-hydroxylation sites is 1. The monoisotopic (exact) mass is 229 g/mol. The van der Waals surface area contributed by atoms with Crippen LogP contribution in [0.1, 0.15) is 19.4 Å². The minimum absolute atomic E-state index is 0.0139. The number of hydrogen-bond donors (Lipinski definition) is 0. The maximum absolute atomic E-state index is 12.2. The summed E-state index contributed by atoms with van der Waals surface area (Å²) in [5.41, 5.74) is 1.45. The third-order valence-corrected chi connectivity index (χ3v) is 2.83. The first-order valence-electron chi connectivity index (χ1n) is 5.74. The van der Waals surface area contributed by atoms with Crippen LogP contribution in [0.3, 0.4) is 0 Å². The first-order chi connectivity index (χ1) is 8.13. The molecule has 0 aliphatic rings. The van der Waals surface area contributed by atoms with Gasteiger partial charge in [0, 0.05) is 18.5 Å². The molecule has 3 nitrogen and oxygen atoms in total. The van der Waals surface area contributed by atoms with E-state index in [9.17, 15) is 9.59 Å². The van der Waals surface area contributed by atoms with Crippen molar-refractivity contribution < 1.29 is 4.79 Å². The molecule has 0 amide bonds. The molecule has 0 unspecified atom stereocenters. The fourth-order valence-electron chi connectivity index (χ4n) is 2.10. The number of pyridine rings is 1. The van der Waals surface area contributed by atoms with Crippen LogP contribution in [0, 0.1) is 0 Å². The van der Waals surface area contributed by atoms with Gasteiger partial charge in [-0.25, -0.2) is 0 Å². The zero-order valence-electron chi connectivity index (χ0n) is 10.1. The fraction of sp³-hybridized carbons (Fsp3) is 0.286. The van der Waals surface area contributed by atoms with Gasteiger partial charge in [0.15, 0.2) is 0 Å². The molecule has 0 N–H and O–H groups in total. The largest absolute Gasteiger partial charge is 0.308 e. The molecule has 0 saturated carbocycles. The van der Waals surface area contributed by atoms with Crippen LogP contribution >= 0.6 is 0 Å². The van der Waals surface area contributed by atoms with E-state index in [0.29, 0.717) is 12.1 Å². The molecule has 1 aromatic carbocycles. The normalized spacial score (nSPS) is 10.7. The van der Waals surface area contributed by atoms with Crippen LogP contribution in [0.2, 0.25) is 0 Å². The average Bonchev–Trinajstić information content (AvgIpc) is 2.30. The summed E-state index contributed by atoms with van der Waals surface area (Å²) >= 11 is 0. The second kappa shape index (κ2) is 4.53. The van der Waals surface area contributed by atoms with E-state index in [0.717, 1.165) is 10.9 Å². The number of fused-ring (bicyclic) bond motifs is 1. The Morgan fingerprint density at radius 1 is 1.29 bits per heavy atom. The highest BCUT2D eigenvalue weighted by molar-refractivity contribution is 5.82. The van der Waals surface area contributed by atoms with E-state index in [1.165, 1.54) is 6.92 Å². The summed E-state index contributed by atoms with van der Waals surface area (Å²) in [6, 6.07) is 9.57. The quantitative estimate of drug-likeness (QED) is 0.809. The minimum atomic E-state index is -0.0543. The molecular weight excluding hydrogens is 214 g/mol. The summed E-state index contributed by atoms with van der Waals surface area (Å²) in [5.74, 6) is 0.0139. The van der Waals surface area contributed by atoms with Crippen LogP contribution < -0.4 is 5.56 Å². The van der Waals surface area contributed by atoms with Crippen molar-refractivity contribution in [3.05, 3.63) is 46.2 Å². The zero-order chi connectivity index (χ0) is 12.4. The molecule has 0 bridgehead atoms. The predicted molar refractivity (Wildman–Crippen MR) is 68.3 cm³/mol. The predicted octanol–water partition coefficient (Wildman–Crippen LogP) is 2.15. The molecular formula is C14H15NO2. The molecule has 0 spiro atoms. The van der Waals surface area contributed by atoms with Crippen molar-refractivity contribution in [2.45, 2.75) is 26.8 Å². The first-order valence-corrected chi connectivity index (χ1v) is 5.74. The summed E-state index contributed by atoms with van der Waals surface area (Å²) in [6.45, 7) is 4.06. The van der Waals surface area contributed by atoms with Crippen LogP contribution in [-0.4, -0.2) is 10.4 Å².